The van der Waals surface area contributed by atoms with Gasteiger partial charge in [0.05, 0.1) is 11.0 Å². The van der Waals surface area contributed by atoms with Gasteiger partial charge in [-0.25, -0.2) is 0 Å². The van der Waals surface area contributed by atoms with Crippen molar-refractivity contribution in [2.24, 2.45) is 0 Å². The molecular weight excluding hydrogens is 668 g/mol. The Morgan fingerprint density at radius 3 is 1.76 bits per heavy atom. The fraction of sp³-hybridized carbons (Fsp3) is 0.400. The molecule has 3 rings (SSSR count). The summed E-state index contributed by atoms with van der Waals surface area (Å²) in [6, 6.07) is 9.19. The van der Waals surface area contributed by atoms with Gasteiger partial charge in [-0.1, -0.05) is 39.0 Å². The Morgan fingerprint density at radius 2 is 1.24 bits per heavy atom. The molecule has 0 N–H and O–H groups in total. The minimum atomic E-state index is 1.09. The highest BCUT2D eigenvalue weighted by Crippen LogP contribution is 2.36. The molecule has 0 atom stereocenters. The maximum atomic E-state index is 3.72. The summed E-state index contributed by atoms with van der Waals surface area (Å²) in [5.74, 6) is 0. The Balaban J connectivity index is 1.99. The van der Waals surface area contributed by atoms with Gasteiger partial charge in [0.1, 0.15) is 0 Å². The highest BCUT2D eigenvalue weighted by molar-refractivity contribution is 14.1. The Morgan fingerprint density at radius 1 is 0.760 bits per heavy atom. The first-order valence-electron chi connectivity index (χ1n) is 8.79. The molecule has 134 valence electrons. The first kappa shape index (κ1) is 20.4. The topological polar surface area (TPSA) is 4.93 Å². The highest BCUT2D eigenvalue weighted by atomic mass is 127. The van der Waals surface area contributed by atoms with Crippen LogP contribution in [0.4, 0.5) is 0 Å². The normalized spacial score (nSPS) is 11.7. The number of aromatic nitrogens is 1. The largest absolute Gasteiger partial charge is 0.340 e. The molecule has 1 heterocycles. The van der Waals surface area contributed by atoms with Crippen molar-refractivity contribution in [2.45, 2.75) is 52.0 Å². The molecule has 1 nitrogen and oxygen atoms in total. The number of hydrogen-bond acceptors (Lipinski definition) is 0. The average molecular weight is 689 g/mol. The lowest BCUT2D eigenvalue weighted by Crippen LogP contribution is -1.98. The lowest BCUT2D eigenvalue weighted by molar-refractivity contribution is 0.571. The average Bonchev–Trinajstić information content (AvgIpc) is 2.84. The number of hydrogen-bond donors (Lipinski definition) is 0. The maximum absolute atomic E-state index is 3.72. The molecule has 0 saturated heterocycles. The second-order valence-electron chi connectivity index (χ2n) is 6.49. The van der Waals surface area contributed by atoms with E-state index in [1.54, 1.807) is 0 Å². The Kier molecular flexibility index (Phi) is 7.54. The minimum absolute atomic E-state index is 1.09. The van der Waals surface area contributed by atoms with Crippen LogP contribution >= 0.6 is 77.0 Å². The Bertz CT molecular complexity index is 837. The molecule has 0 radical (unpaired) electrons. The zero-order valence-electron chi connectivity index (χ0n) is 14.2. The molecular formula is C20H21Br2I2N. The minimum Gasteiger partial charge on any atom is -0.340 e. The molecule has 0 aliphatic heterocycles. The smallest absolute Gasteiger partial charge is 0.0503 e. The lowest BCUT2D eigenvalue weighted by Gasteiger charge is -2.09. The number of nitrogens with zero attached hydrogens (tertiary/aromatic N) is 1. The summed E-state index contributed by atoms with van der Waals surface area (Å²) in [5, 5.41) is 2.72. The summed E-state index contributed by atoms with van der Waals surface area (Å²) in [6.45, 7) is 3.36. The van der Waals surface area contributed by atoms with Gasteiger partial charge < -0.3 is 4.57 Å². The fourth-order valence-corrected chi connectivity index (χ4v) is 4.97. The van der Waals surface area contributed by atoms with Gasteiger partial charge in [-0.2, -0.15) is 0 Å². The number of aryl methyl sites for hydroxylation is 1. The Hall–Kier alpha value is 0.660. The third-order valence-electron chi connectivity index (χ3n) is 4.68. The number of unbranched alkanes of at least 4 members (excludes halogenated alkanes) is 5. The molecule has 0 fully saturated rings. The van der Waals surface area contributed by atoms with Gasteiger partial charge in [0.2, 0.25) is 0 Å². The van der Waals surface area contributed by atoms with Crippen molar-refractivity contribution in [3.05, 3.63) is 40.4 Å². The monoisotopic (exact) mass is 687 g/mol. The van der Waals surface area contributed by atoms with E-state index in [4.69, 9.17) is 0 Å². The predicted octanol–water partition coefficient (Wildman–Crippen LogP) is 8.89. The summed E-state index contributed by atoms with van der Waals surface area (Å²) in [7, 11) is 0. The van der Waals surface area contributed by atoms with E-state index >= 15 is 0 Å². The van der Waals surface area contributed by atoms with Crippen LogP contribution in [-0.2, 0) is 6.54 Å². The van der Waals surface area contributed by atoms with Crippen LogP contribution in [0.2, 0.25) is 0 Å². The molecule has 3 aromatic rings. The maximum Gasteiger partial charge on any atom is 0.0503 e. The van der Waals surface area contributed by atoms with Crippen molar-refractivity contribution in [1.82, 2.24) is 4.57 Å². The van der Waals surface area contributed by atoms with Crippen LogP contribution in [0.1, 0.15) is 45.4 Å². The van der Waals surface area contributed by atoms with Crippen molar-refractivity contribution in [3.63, 3.8) is 0 Å². The number of fused-ring (bicyclic) bond motifs is 3. The highest BCUT2D eigenvalue weighted by Gasteiger charge is 2.14. The van der Waals surface area contributed by atoms with Crippen LogP contribution in [0, 0.1) is 7.14 Å². The second kappa shape index (κ2) is 9.24. The molecule has 0 unspecified atom stereocenters. The zero-order chi connectivity index (χ0) is 18.0. The van der Waals surface area contributed by atoms with E-state index < -0.39 is 0 Å². The first-order valence-corrected chi connectivity index (χ1v) is 12.5. The zero-order valence-corrected chi connectivity index (χ0v) is 21.7. The van der Waals surface area contributed by atoms with Crippen molar-refractivity contribution in [3.8, 4) is 0 Å². The summed E-state index contributed by atoms with van der Waals surface area (Å²) in [4.78, 5) is 0. The van der Waals surface area contributed by atoms with Crippen LogP contribution in [0.5, 0.6) is 0 Å². The van der Waals surface area contributed by atoms with E-state index in [0.29, 0.717) is 0 Å². The molecule has 5 heteroatoms. The van der Waals surface area contributed by atoms with Crippen LogP contribution in [0.3, 0.4) is 0 Å². The van der Waals surface area contributed by atoms with Crippen molar-refractivity contribution in [2.75, 3.05) is 0 Å². The number of halogens is 4. The molecule has 0 aliphatic rings. The van der Waals surface area contributed by atoms with Crippen LogP contribution in [0.15, 0.2) is 33.2 Å². The molecule has 2 aromatic carbocycles. The van der Waals surface area contributed by atoms with E-state index in [0.717, 1.165) is 6.54 Å². The van der Waals surface area contributed by atoms with Crippen LogP contribution in [-0.4, -0.2) is 4.57 Å². The van der Waals surface area contributed by atoms with E-state index in [-0.39, 0.29) is 0 Å². The summed E-state index contributed by atoms with van der Waals surface area (Å²) < 4.78 is 7.40. The molecule has 1 aromatic heterocycles. The molecule has 0 saturated carbocycles. The molecule has 25 heavy (non-hydrogen) atoms. The summed E-state index contributed by atoms with van der Waals surface area (Å²) in [5.41, 5.74) is 2.68. The van der Waals surface area contributed by atoms with E-state index in [2.05, 4.69) is 113 Å². The Labute approximate surface area is 193 Å². The molecule has 0 bridgehead atoms. The number of rotatable bonds is 7. The van der Waals surface area contributed by atoms with Gasteiger partial charge in [0, 0.05) is 33.4 Å². The van der Waals surface area contributed by atoms with E-state index in [9.17, 15) is 0 Å². The van der Waals surface area contributed by atoms with Gasteiger partial charge in [-0.05, 0) is 108 Å². The quantitative estimate of drug-likeness (QED) is 0.173. The standard InChI is InChI=1S/C20H21Br2I2N/c1-2-3-4-5-6-7-8-25-19-11-15(21)17(23)9-13(19)14-10-18(24)16(22)12-20(14)25/h9-12H,2-8H2,1H3. The molecule has 0 aliphatic carbocycles. The van der Waals surface area contributed by atoms with Gasteiger partial charge in [-0.15, -0.1) is 0 Å². The third kappa shape index (κ3) is 4.57. The van der Waals surface area contributed by atoms with E-state index in [1.165, 1.54) is 76.4 Å². The predicted molar refractivity (Wildman–Crippen MR) is 134 cm³/mol. The summed E-state index contributed by atoms with van der Waals surface area (Å²) in [6.07, 6.45) is 7.97. The molecule has 0 spiro atoms. The third-order valence-corrected chi connectivity index (χ3v) is 9.26. The van der Waals surface area contributed by atoms with Gasteiger partial charge in [-0.3, -0.25) is 0 Å². The van der Waals surface area contributed by atoms with E-state index in [1.807, 2.05) is 0 Å². The lowest BCUT2D eigenvalue weighted by atomic mass is 10.1. The second-order valence-corrected chi connectivity index (χ2v) is 10.5. The SMILES string of the molecule is CCCCCCCCn1c2cc(Br)c(I)cc2c2cc(I)c(Br)cc21. The van der Waals surface area contributed by atoms with Crippen LogP contribution in [0.25, 0.3) is 21.8 Å². The van der Waals surface area contributed by atoms with Gasteiger partial charge in [0.25, 0.3) is 0 Å². The van der Waals surface area contributed by atoms with Crippen molar-refractivity contribution in [1.29, 1.82) is 0 Å². The molecule has 0 amide bonds. The van der Waals surface area contributed by atoms with Crippen molar-refractivity contribution < 1.29 is 0 Å². The van der Waals surface area contributed by atoms with Crippen LogP contribution < -0.4 is 0 Å². The first-order chi connectivity index (χ1) is 12.0. The summed E-state index contributed by atoms with van der Waals surface area (Å²) >= 11 is 12.3. The number of benzene rings is 2. The van der Waals surface area contributed by atoms with Gasteiger partial charge >= 0.3 is 0 Å². The fourth-order valence-electron chi connectivity index (χ4n) is 3.37. The van der Waals surface area contributed by atoms with Crippen molar-refractivity contribution >= 4 is 98.8 Å². The van der Waals surface area contributed by atoms with Gasteiger partial charge in [0.15, 0.2) is 0 Å².